The van der Waals surface area contributed by atoms with Crippen molar-refractivity contribution in [3.63, 3.8) is 0 Å². The monoisotopic (exact) mass is 254 g/mol. The third-order valence-corrected chi connectivity index (χ3v) is 2.16. The van der Waals surface area contributed by atoms with Crippen LogP contribution in [0.5, 0.6) is 0 Å². The normalized spacial score (nSPS) is 10.3. The third kappa shape index (κ3) is 2.62. The highest BCUT2D eigenvalue weighted by Gasteiger charge is 2.10. The maximum atomic E-state index is 13.3. The molecular formula is C11H8F2N2O3. The van der Waals surface area contributed by atoms with Crippen molar-refractivity contribution in [3.05, 3.63) is 47.4 Å². The van der Waals surface area contributed by atoms with E-state index >= 15 is 0 Å². The lowest BCUT2D eigenvalue weighted by Gasteiger charge is -2.03. The summed E-state index contributed by atoms with van der Waals surface area (Å²) in [5.74, 6) is -2.37. The van der Waals surface area contributed by atoms with Gasteiger partial charge in [0.2, 0.25) is 0 Å². The highest BCUT2D eigenvalue weighted by molar-refractivity contribution is 5.85. The van der Waals surface area contributed by atoms with Crippen LogP contribution in [0.3, 0.4) is 0 Å². The summed E-state index contributed by atoms with van der Waals surface area (Å²) in [7, 11) is 0. The fourth-order valence-corrected chi connectivity index (χ4v) is 1.30. The van der Waals surface area contributed by atoms with E-state index < -0.39 is 17.6 Å². The molecule has 94 valence electrons. The van der Waals surface area contributed by atoms with Gasteiger partial charge in [-0.05, 0) is 18.2 Å². The number of halogens is 2. The summed E-state index contributed by atoms with van der Waals surface area (Å²) in [4.78, 5) is 14.1. The van der Waals surface area contributed by atoms with Crippen LogP contribution in [0, 0.1) is 11.6 Å². The Balaban J connectivity index is 2.06. The van der Waals surface area contributed by atoms with Gasteiger partial charge in [-0.15, -0.1) is 0 Å². The summed E-state index contributed by atoms with van der Waals surface area (Å²) >= 11 is 0. The lowest BCUT2D eigenvalue weighted by Crippen LogP contribution is -2.03. The Hall–Kier alpha value is -2.44. The third-order valence-electron chi connectivity index (χ3n) is 2.16. The topological polar surface area (TPSA) is 75.4 Å². The molecule has 0 unspecified atom stereocenters. The van der Waals surface area contributed by atoms with Crippen LogP contribution in [-0.4, -0.2) is 16.1 Å². The molecule has 2 rings (SSSR count). The van der Waals surface area contributed by atoms with Crippen LogP contribution in [0.25, 0.3) is 0 Å². The number of oxazole rings is 1. The van der Waals surface area contributed by atoms with Gasteiger partial charge in [-0.1, -0.05) is 0 Å². The molecule has 0 bridgehead atoms. The summed E-state index contributed by atoms with van der Waals surface area (Å²) in [5.41, 5.74) is -0.178. The minimum Gasteiger partial charge on any atom is -0.476 e. The zero-order chi connectivity index (χ0) is 13.1. The molecule has 18 heavy (non-hydrogen) atoms. The molecule has 0 saturated heterocycles. The first-order chi connectivity index (χ1) is 8.56. The number of aromatic nitrogens is 1. The van der Waals surface area contributed by atoms with Crippen LogP contribution in [0.4, 0.5) is 14.8 Å². The number of hydrogen-bond donors (Lipinski definition) is 2. The van der Waals surface area contributed by atoms with E-state index in [1.165, 1.54) is 0 Å². The number of nitrogens with one attached hydrogen (secondary N) is 1. The number of carboxylic acids is 1. The Morgan fingerprint density at radius 1 is 1.44 bits per heavy atom. The van der Waals surface area contributed by atoms with Crippen LogP contribution in [0.1, 0.15) is 16.1 Å². The zero-order valence-corrected chi connectivity index (χ0v) is 8.98. The highest BCUT2D eigenvalue weighted by Crippen LogP contribution is 2.13. The standard InChI is InChI=1S/C11H8F2N2O3/c12-7-1-2-8(13)6(3-7)4-14-11-15-9(5-18-11)10(16)17/h1-3,5H,4H2,(H,14,15)(H,16,17). The minimum absolute atomic E-state index is 0.0663. The van der Waals surface area contributed by atoms with Gasteiger partial charge in [0.25, 0.3) is 6.01 Å². The molecule has 0 saturated carbocycles. The Bertz CT molecular complexity index is 583. The summed E-state index contributed by atoms with van der Waals surface area (Å²) < 4.78 is 30.9. The largest absolute Gasteiger partial charge is 0.476 e. The van der Waals surface area contributed by atoms with Gasteiger partial charge in [0.15, 0.2) is 5.69 Å². The second-order valence-corrected chi connectivity index (χ2v) is 3.43. The lowest BCUT2D eigenvalue weighted by atomic mass is 10.2. The number of benzene rings is 1. The first-order valence-electron chi connectivity index (χ1n) is 4.93. The Morgan fingerprint density at radius 3 is 2.89 bits per heavy atom. The molecule has 2 N–H and O–H groups in total. The van der Waals surface area contributed by atoms with Gasteiger partial charge in [0, 0.05) is 12.1 Å². The van der Waals surface area contributed by atoms with E-state index in [0.717, 1.165) is 24.5 Å². The van der Waals surface area contributed by atoms with Gasteiger partial charge >= 0.3 is 5.97 Å². The number of anilines is 1. The number of nitrogens with zero attached hydrogens (tertiary/aromatic N) is 1. The highest BCUT2D eigenvalue weighted by atomic mass is 19.1. The van der Waals surface area contributed by atoms with Crippen LogP contribution in [0.2, 0.25) is 0 Å². The number of carbonyl (C=O) groups is 1. The van der Waals surface area contributed by atoms with Crippen LogP contribution in [0.15, 0.2) is 28.9 Å². The Kier molecular flexibility index (Phi) is 3.22. The number of rotatable bonds is 4. The number of hydrogen-bond acceptors (Lipinski definition) is 4. The predicted molar refractivity (Wildman–Crippen MR) is 57.1 cm³/mol. The zero-order valence-electron chi connectivity index (χ0n) is 8.98. The summed E-state index contributed by atoms with van der Waals surface area (Å²) in [5, 5.41) is 11.2. The van der Waals surface area contributed by atoms with Gasteiger partial charge in [-0.3, -0.25) is 0 Å². The van der Waals surface area contributed by atoms with Crippen molar-refractivity contribution in [2.75, 3.05) is 5.32 Å². The van der Waals surface area contributed by atoms with Gasteiger partial charge in [0.1, 0.15) is 17.9 Å². The molecule has 0 fully saturated rings. The Labute approximate surface area is 100 Å². The molecule has 1 heterocycles. The molecular weight excluding hydrogens is 246 g/mol. The van der Waals surface area contributed by atoms with E-state index in [9.17, 15) is 13.6 Å². The fourth-order valence-electron chi connectivity index (χ4n) is 1.30. The van der Waals surface area contributed by atoms with E-state index in [4.69, 9.17) is 9.52 Å². The average molecular weight is 254 g/mol. The first kappa shape index (κ1) is 12.0. The quantitative estimate of drug-likeness (QED) is 0.875. The second-order valence-electron chi connectivity index (χ2n) is 3.43. The summed E-state index contributed by atoms with van der Waals surface area (Å²) in [6, 6.07) is 2.97. The number of aromatic carboxylic acids is 1. The van der Waals surface area contributed by atoms with E-state index in [2.05, 4.69) is 10.3 Å². The van der Waals surface area contributed by atoms with Gasteiger partial charge in [0.05, 0.1) is 0 Å². The van der Waals surface area contributed by atoms with Crippen molar-refractivity contribution in [2.45, 2.75) is 6.54 Å². The average Bonchev–Trinajstić information content (AvgIpc) is 2.79. The molecule has 0 aliphatic carbocycles. The summed E-state index contributed by atoms with van der Waals surface area (Å²) in [6.07, 6.45) is 0.951. The molecule has 0 amide bonds. The van der Waals surface area contributed by atoms with Gasteiger partial charge in [-0.2, -0.15) is 4.98 Å². The van der Waals surface area contributed by atoms with Gasteiger partial charge < -0.3 is 14.8 Å². The molecule has 1 aromatic heterocycles. The molecule has 0 atom stereocenters. The smallest absolute Gasteiger partial charge is 0.357 e. The molecule has 2 aromatic rings. The van der Waals surface area contributed by atoms with Crippen LogP contribution >= 0.6 is 0 Å². The molecule has 1 aromatic carbocycles. The lowest BCUT2D eigenvalue weighted by molar-refractivity contribution is 0.0690. The van der Waals surface area contributed by atoms with Crippen molar-refractivity contribution >= 4 is 12.0 Å². The van der Waals surface area contributed by atoms with Crippen LogP contribution < -0.4 is 5.32 Å². The molecule has 0 spiro atoms. The van der Waals surface area contributed by atoms with E-state index in [-0.39, 0.29) is 23.8 Å². The van der Waals surface area contributed by atoms with Crippen molar-refractivity contribution < 1.29 is 23.1 Å². The van der Waals surface area contributed by atoms with E-state index in [0.29, 0.717) is 0 Å². The molecule has 0 radical (unpaired) electrons. The maximum Gasteiger partial charge on any atom is 0.357 e. The Morgan fingerprint density at radius 2 is 2.22 bits per heavy atom. The van der Waals surface area contributed by atoms with Crippen molar-refractivity contribution in [3.8, 4) is 0 Å². The molecule has 7 heteroatoms. The predicted octanol–water partition coefficient (Wildman–Crippen LogP) is 2.26. The summed E-state index contributed by atoms with van der Waals surface area (Å²) in [6.45, 7) is -0.0663. The maximum absolute atomic E-state index is 13.3. The van der Waals surface area contributed by atoms with Crippen molar-refractivity contribution in [1.29, 1.82) is 0 Å². The molecule has 5 nitrogen and oxygen atoms in total. The van der Waals surface area contributed by atoms with Crippen molar-refractivity contribution in [1.82, 2.24) is 4.98 Å². The van der Waals surface area contributed by atoms with E-state index in [1.807, 2.05) is 0 Å². The van der Waals surface area contributed by atoms with E-state index in [1.54, 1.807) is 0 Å². The fraction of sp³-hybridized carbons (Fsp3) is 0.0909. The van der Waals surface area contributed by atoms with Crippen molar-refractivity contribution in [2.24, 2.45) is 0 Å². The number of carboxylic acid groups (broad SMARTS) is 1. The first-order valence-corrected chi connectivity index (χ1v) is 4.93. The molecule has 0 aliphatic rings. The van der Waals surface area contributed by atoms with Crippen LogP contribution in [-0.2, 0) is 6.54 Å². The SMILES string of the molecule is O=C(O)c1coc(NCc2cc(F)ccc2F)n1. The van der Waals surface area contributed by atoms with Gasteiger partial charge in [-0.25, -0.2) is 13.6 Å². The minimum atomic E-state index is -1.23. The second kappa shape index (κ2) is 4.82. The molecule has 0 aliphatic heterocycles.